The molecule has 0 amide bonds. The van der Waals surface area contributed by atoms with Crippen LogP contribution in [0.4, 0.5) is 5.69 Å². The third-order valence-corrected chi connectivity index (χ3v) is 10.3. The van der Waals surface area contributed by atoms with E-state index in [4.69, 9.17) is 23.2 Å². The first-order valence-corrected chi connectivity index (χ1v) is 18.0. The second kappa shape index (κ2) is 12.1. The topological polar surface area (TPSA) is 84.9 Å². The van der Waals surface area contributed by atoms with Crippen LogP contribution < -0.4 is 0 Å². The number of aliphatic imine (C=N–C) groups is 1. The molecule has 0 unspecified atom stereocenters. The Bertz CT molecular complexity index is 3120. The summed E-state index contributed by atoms with van der Waals surface area (Å²) in [6, 6.07) is 46.3. The summed E-state index contributed by atoms with van der Waals surface area (Å²) in [6.45, 7) is 6.44. The zero-order chi connectivity index (χ0) is 36.6. The predicted molar refractivity (Wildman–Crippen MR) is 219 cm³/mol. The van der Waals surface area contributed by atoms with Crippen LogP contribution in [0.15, 0.2) is 158 Å². The molecule has 3 heterocycles. The predicted octanol–water partition coefficient (Wildman–Crippen LogP) is 13.4. The van der Waals surface area contributed by atoms with Crippen LogP contribution in [0.2, 0.25) is 0 Å². The minimum Gasteiger partial charge on any atom is -0.507 e. The molecule has 0 atom stereocenters. The standard InChI is InChI=1S/C48H34N2O4/c1-48(2,3)30-22-23-40(51)29(24-30)27-49-39-19-7-4-14-37(39)47-50-44-38(36-18-11-17-35-33-13-6-9-21-42(33)53-46(35)36)25-28(26-43(44)54-47)31-15-10-16-34-32-12-5-8-20-41(32)52-45(31)34/h4-27,51H,1-3H3. The van der Waals surface area contributed by atoms with Gasteiger partial charge < -0.3 is 18.4 Å². The van der Waals surface area contributed by atoms with E-state index in [9.17, 15) is 5.11 Å². The van der Waals surface area contributed by atoms with Crippen molar-refractivity contribution in [3.63, 3.8) is 0 Å². The van der Waals surface area contributed by atoms with Gasteiger partial charge in [-0.3, -0.25) is 4.99 Å². The lowest BCUT2D eigenvalue weighted by molar-refractivity contribution is 0.473. The summed E-state index contributed by atoms with van der Waals surface area (Å²) in [4.78, 5) is 10.0. The molecule has 0 saturated heterocycles. The second-order valence-electron chi connectivity index (χ2n) is 14.7. The van der Waals surface area contributed by atoms with Gasteiger partial charge in [0.1, 0.15) is 33.6 Å². The molecule has 6 nitrogen and oxygen atoms in total. The molecule has 10 aromatic rings. The molecule has 0 fully saturated rings. The van der Waals surface area contributed by atoms with E-state index in [0.29, 0.717) is 28.2 Å². The van der Waals surface area contributed by atoms with Crippen LogP contribution in [0, 0.1) is 0 Å². The van der Waals surface area contributed by atoms with Crippen molar-refractivity contribution >= 4 is 66.9 Å². The zero-order valence-electron chi connectivity index (χ0n) is 29.9. The highest BCUT2D eigenvalue weighted by molar-refractivity contribution is 6.13. The number of phenolic OH excluding ortho intramolecular Hbond substituents is 1. The number of para-hydroxylation sites is 5. The van der Waals surface area contributed by atoms with Gasteiger partial charge in [0.15, 0.2) is 5.58 Å². The van der Waals surface area contributed by atoms with Crippen molar-refractivity contribution in [2.24, 2.45) is 4.99 Å². The molecule has 0 aliphatic carbocycles. The highest BCUT2D eigenvalue weighted by Gasteiger charge is 2.22. The Morgan fingerprint density at radius 2 is 1.17 bits per heavy atom. The Hall–Kier alpha value is -6.92. The first-order chi connectivity index (χ1) is 26.3. The van der Waals surface area contributed by atoms with Gasteiger partial charge in [0.2, 0.25) is 5.89 Å². The maximum atomic E-state index is 10.7. The maximum absolute atomic E-state index is 10.7. The average Bonchev–Trinajstić information content (AvgIpc) is 3.90. The largest absolute Gasteiger partial charge is 0.507 e. The Balaban J connectivity index is 1.19. The van der Waals surface area contributed by atoms with Gasteiger partial charge in [-0.25, -0.2) is 4.98 Å². The fourth-order valence-electron chi connectivity index (χ4n) is 7.47. The molecule has 0 aliphatic rings. The van der Waals surface area contributed by atoms with Gasteiger partial charge in [0, 0.05) is 50.0 Å². The minimum absolute atomic E-state index is 0.0778. The lowest BCUT2D eigenvalue weighted by atomic mass is 9.86. The lowest BCUT2D eigenvalue weighted by Gasteiger charge is -2.19. The van der Waals surface area contributed by atoms with Gasteiger partial charge in [0.25, 0.3) is 0 Å². The highest BCUT2D eigenvalue weighted by Crippen LogP contribution is 2.44. The Kier molecular flexibility index (Phi) is 7.11. The molecule has 3 aromatic heterocycles. The number of rotatable bonds is 5. The first kappa shape index (κ1) is 31.8. The van der Waals surface area contributed by atoms with Crippen LogP contribution in [-0.4, -0.2) is 16.3 Å². The number of furan rings is 2. The summed E-state index contributed by atoms with van der Waals surface area (Å²) in [5, 5.41) is 14.9. The maximum Gasteiger partial charge on any atom is 0.229 e. The van der Waals surface area contributed by atoms with Crippen LogP contribution in [0.1, 0.15) is 31.9 Å². The molecule has 0 spiro atoms. The van der Waals surface area contributed by atoms with E-state index in [1.807, 2.05) is 78.9 Å². The number of hydrogen-bond acceptors (Lipinski definition) is 6. The summed E-state index contributed by atoms with van der Waals surface area (Å²) in [7, 11) is 0. The van der Waals surface area contributed by atoms with Crippen molar-refractivity contribution in [3.05, 3.63) is 151 Å². The number of oxazole rings is 1. The van der Waals surface area contributed by atoms with Crippen LogP contribution in [0.5, 0.6) is 5.75 Å². The summed E-state index contributed by atoms with van der Waals surface area (Å²) >= 11 is 0. The molecule has 260 valence electrons. The van der Waals surface area contributed by atoms with Crippen LogP contribution >= 0.6 is 0 Å². The zero-order valence-corrected chi connectivity index (χ0v) is 29.9. The second-order valence-corrected chi connectivity index (χ2v) is 14.7. The Labute approximate surface area is 310 Å². The lowest BCUT2D eigenvalue weighted by Crippen LogP contribution is -2.11. The molecular formula is C48H34N2O4. The van der Waals surface area contributed by atoms with Crippen molar-refractivity contribution in [1.29, 1.82) is 0 Å². The van der Waals surface area contributed by atoms with Crippen molar-refractivity contribution in [2.45, 2.75) is 26.2 Å². The molecule has 0 saturated carbocycles. The summed E-state index contributed by atoms with van der Waals surface area (Å²) in [5.74, 6) is 0.602. The van der Waals surface area contributed by atoms with E-state index in [-0.39, 0.29) is 11.2 Å². The van der Waals surface area contributed by atoms with Gasteiger partial charge in [-0.15, -0.1) is 0 Å². The number of phenols is 1. The summed E-state index contributed by atoms with van der Waals surface area (Å²) in [6.07, 6.45) is 1.70. The molecule has 6 heteroatoms. The normalized spacial score (nSPS) is 12.4. The minimum atomic E-state index is -0.0778. The fraction of sp³-hybridized carbons (Fsp3) is 0.0833. The molecule has 1 N–H and O–H groups in total. The molecule has 54 heavy (non-hydrogen) atoms. The molecular weight excluding hydrogens is 669 g/mol. The van der Waals surface area contributed by atoms with E-state index in [0.717, 1.165) is 77.3 Å². The summed E-state index contributed by atoms with van der Waals surface area (Å²) in [5.41, 5.74) is 11.3. The first-order valence-electron chi connectivity index (χ1n) is 18.0. The number of fused-ring (bicyclic) bond motifs is 7. The van der Waals surface area contributed by atoms with Crippen molar-refractivity contribution in [2.75, 3.05) is 0 Å². The van der Waals surface area contributed by atoms with Gasteiger partial charge in [0.05, 0.1) is 11.3 Å². The third-order valence-electron chi connectivity index (χ3n) is 10.3. The number of benzene rings is 7. The quantitative estimate of drug-likeness (QED) is 0.180. The van der Waals surface area contributed by atoms with Crippen molar-refractivity contribution in [3.8, 4) is 39.5 Å². The van der Waals surface area contributed by atoms with Gasteiger partial charge in [-0.2, -0.15) is 0 Å². The number of aromatic hydroxyl groups is 1. The molecule has 0 aliphatic heterocycles. The van der Waals surface area contributed by atoms with E-state index in [2.05, 4.69) is 75.4 Å². The molecule has 10 rings (SSSR count). The van der Waals surface area contributed by atoms with Gasteiger partial charge in [-0.05, 0) is 65.1 Å². The fourth-order valence-corrected chi connectivity index (χ4v) is 7.47. The van der Waals surface area contributed by atoms with Gasteiger partial charge >= 0.3 is 0 Å². The van der Waals surface area contributed by atoms with Crippen molar-refractivity contribution in [1.82, 2.24) is 4.98 Å². The van der Waals surface area contributed by atoms with Crippen LogP contribution in [-0.2, 0) is 5.41 Å². The molecule has 0 bridgehead atoms. The van der Waals surface area contributed by atoms with E-state index < -0.39 is 0 Å². The Morgan fingerprint density at radius 1 is 0.556 bits per heavy atom. The molecule has 7 aromatic carbocycles. The van der Waals surface area contributed by atoms with Crippen LogP contribution in [0.25, 0.3) is 88.7 Å². The highest BCUT2D eigenvalue weighted by atomic mass is 16.4. The van der Waals surface area contributed by atoms with E-state index in [1.54, 1.807) is 12.3 Å². The van der Waals surface area contributed by atoms with E-state index in [1.165, 1.54) is 0 Å². The van der Waals surface area contributed by atoms with Crippen LogP contribution in [0.3, 0.4) is 0 Å². The van der Waals surface area contributed by atoms with Crippen molar-refractivity contribution < 1.29 is 18.4 Å². The Morgan fingerprint density at radius 3 is 1.89 bits per heavy atom. The number of nitrogens with zero attached hydrogens (tertiary/aromatic N) is 2. The van der Waals surface area contributed by atoms with Gasteiger partial charge in [-0.1, -0.05) is 112 Å². The monoisotopic (exact) mass is 702 g/mol. The average molecular weight is 703 g/mol. The summed E-state index contributed by atoms with van der Waals surface area (Å²) < 4.78 is 19.7. The molecule has 0 radical (unpaired) electrons. The van der Waals surface area contributed by atoms with E-state index >= 15 is 0 Å². The third kappa shape index (κ3) is 5.18. The SMILES string of the molecule is CC(C)(C)c1ccc(O)c(C=Nc2ccccc2-c2nc3c(-c4cccc5c4oc4ccccc45)cc(-c4cccc5c4oc4ccccc45)cc3o2)c1. The smallest absolute Gasteiger partial charge is 0.229 e. The number of hydrogen-bond donors (Lipinski definition) is 1. The number of aromatic nitrogens is 1.